The maximum Gasteiger partial charge on any atom is 0.259 e. The topological polar surface area (TPSA) is 52.3 Å². The summed E-state index contributed by atoms with van der Waals surface area (Å²) >= 11 is 0. The fourth-order valence-electron chi connectivity index (χ4n) is 3.89. The average Bonchev–Trinajstić information content (AvgIpc) is 3.49. The largest absolute Gasteiger partial charge is 0.370 e. The number of carbonyl (C=O) groups excluding carboxylic acids is 1. The minimum Gasteiger partial charge on any atom is -0.370 e. The van der Waals surface area contributed by atoms with Crippen LogP contribution in [0.3, 0.4) is 0 Å². The third-order valence-electron chi connectivity index (χ3n) is 5.43. The molecule has 0 spiro atoms. The fourth-order valence-corrected chi connectivity index (χ4v) is 3.89. The molecule has 1 aliphatic rings. The van der Waals surface area contributed by atoms with Gasteiger partial charge < -0.3 is 14.2 Å². The smallest absolute Gasteiger partial charge is 0.259 e. The summed E-state index contributed by atoms with van der Waals surface area (Å²) in [7, 11) is 0. The van der Waals surface area contributed by atoms with Crippen LogP contribution in [0.15, 0.2) is 85.3 Å². The second-order valence-electron chi connectivity index (χ2n) is 7.36. The Morgan fingerprint density at radius 2 is 1.74 bits per heavy atom. The molecule has 1 atom stereocenters. The quantitative estimate of drug-likeness (QED) is 0.505. The lowest BCUT2D eigenvalue weighted by atomic mass is 10.1. The van der Waals surface area contributed by atoms with Gasteiger partial charge in [-0.05, 0) is 29.8 Å². The molecule has 0 N–H and O–H groups in total. The van der Waals surface area contributed by atoms with E-state index in [0.29, 0.717) is 31.1 Å². The van der Waals surface area contributed by atoms with Gasteiger partial charge >= 0.3 is 0 Å². The number of nitrogens with zero attached hydrogens (tertiary/aromatic N) is 4. The SMILES string of the molecule is O=C(c1cnn(-c2ccccc2F)c1-n1cccc1)N1CCO[C@H](c2ccccc2)C1. The van der Waals surface area contributed by atoms with E-state index in [1.54, 1.807) is 27.7 Å². The second kappa shape index (κ2) is 8.20. The zero-order valence-electron chi connectivity index (χ0n) is 16.8. The Balaban J connectivity index is 1.51. The van der Waals surface area contributed by atoms with Crippen molar-refractivity contribution in [3.05, 3.63) is 102 Å². The van der Waals surface area contributed by atoms with Gasteiger partial charge in [-0.2, -0.15) is 5.10 Å². The Labute approximate surface area is 179 Å². The monoisotopic (exact) mass is 416 g/mol. The van der Waals surface area contributed by atoms with E-state index in [0.717, 1.165) is 5.56 Å². The van der Waals surface area contributed by atoms with Crippen molar-refractivity contribution < 1.29 is 13.9 Å². The number of rotatable bonds is 4. The molecule has 1 fully saturated rings. The maximum absolute atomic E-state index is 14.5. The van der Waals surface area contributed by atoms with Crippen molar-refractivity contribution in [2.24, 2.45) is 0 Å². The molecule has 0 saturated carbocycles. The summed E-state index contributed by atoms with van der Waals surface area (Å²) in [5.41, 5.74) is 1.73. The van der Waals surface area contributed by atoms with Crippen molar-refractivity contribution in [2.45, 2.75) is 6.10 Å². The zero-order chi connectivity index (χ0) is 21.2. The van der Waals surface area contributed by atoms with Gasteiger partial charge in [0.05, 0.1) is 19.3 Å². The number of benzene rings is 2. The molecule has 0 bridgehead atoms. The lowest BCUT2D eigenvalue weighted by molar-refractivity contribution is -0.0228. The summed E-state index contributed by atoms with van der Waals surface area (Å²) in [6, 6.07) is 20.0. The molecule has 1 saturated heterocycles. The summed E-state index contributed by atoms with van der Waals surface area (Å²) in [5.74, 6) is -0.0631. The van der Waals surface area contributed by atoms with Gasteiger partial charge in [0.2, 0.25) is 0 Å². The summed E-state index contributed by atoms with van der Waals surface area (Å²) in [5, 5.41) is 4.37. The highest BCUT2D eigenvalue weighted by atomic mass is 19.1. The van der Waals surface area contributed by atoms with E-state index in [1.165, 1.54) is 16.9 Å². The van der Waals surface area contributed by atoms with Crippen LogP contribution in [0.2, 0.25) is 0 Å². The second-order valence-corrected chi connectivity index (χ2v) is 7.36. The molecular weight excluding hydrogens is 395 g/mol. The summed E-state index contributed by atoms with van der Waals surface area (Å²) in [4.78, 5) is 15.3. The molecule has 6 nitrogen and oxygen atoms in total. The van der Waals surface area contributed by atoms with E-state index in [2.05, 4.69) is 5.10 Å². The van der Waals surface area contributed by atoms with Gasteiger partial charge in [-0.1, -0.05) is 42.5 Å². The normalized spacial score (nSPS) is 16.4. The molecule has 156 valence electrons. The molecule has 4 aromatic rings. The maximum atomic E-state index is 14.5. The third kappa shape index (κ3) is 3.64. The Morgan fingerprint density at radius 3 is 2.52 bits per heavy atom. The number of aromatic nitrogens is 3. The molecule has 0 aliphatic carbocycles. The Kier molecular flexibility index (Phi) is 5.09. The van der Waals surface area contributed by atoms with E-state index in [1.807, 2.05) is 54.9 Å². The standard InChI is InChI=1S/C24H21FN4O2/c25-20-10-4-5-11-21(20)29-23(27-12-6-7-13-27)19(16-26-29)24(30)28-14-15-31-22(17-28)18-8-2-1-3-9-18/h1-13,16,22H,14-15,17H2/t22-/m0/s1. The molecule has 7 heteroatoms. The van der Waals surface area contributed by atoms with Crippen LogP contribution in [0.5, 0.6) is 0 Å². The van der Waals surface area contributed by atoms with Gasteiger partial charge in [-0.3, -0.25) is 4.79 Å². The Hall–Kier alpha value is -3.71. The highest BCUT2D eigenvalue weighted by Crippen LogP contribution is 2.26. The predicted octanol–water partition coefficient (Wildman–Crippen LogP) is 4.02. The zero-order valence-corrected chi connectivity index (χ0v) is 16.8. The van der Waals surface area contributed by atoms with Crippen LogP contribution >= 0.6 is 0 Å². The van der Waals surface area contributed by atoms with Crippen molar-refractivity contribution in [1.29, 1.82) is 0 Å². The first kappa shape index (κ1) is 19.3. The predicted molar refractivity (Wildman–Crippen MR) is 114 cm³/mol. The molecule has 1 aliphatic heterocycles. The van der Waals surface area contributed by atoms with Crippen LogP contribution in [0.1, 0.15) is 22.0 Å². The van der Waals surface area contributed by atoms with Crippen LogP contribution in [0, 0.1) is 5.82 Å². The highest BCUT2D eigenvalue weighted by molar-refractivity contribution is 5.97. The van der Waals surface area contributed by atoms with Gasteiger partial charge in [-0.15, -0.1) is 0 Å². The summed E-state index contributed by atoms with van der Waals surface area (Å²) in [6.07, 6.45) is 4.96. The summed E-state index contributed by atoms with van der Waals surface area (Å²) in [6.45, 7) is 1.38. The van der Waals surface area contributed by atoms with Crippen molar-refractivity contribution in [1.82, 2.24) is 19.2 Å². The first-order valence-corrected chi connectivity index (χ1v) is 10.1. The first-order valence-electron chi connectivity index (χ1n) is 10.1. The van der Waals surface area contributed by atoms with Gasteiger partial charge in [0.15, 0.2) is 5.82 Å². The van der Waals surface area contributed by atoms with Crippen LogP contribution in [-0.4, -0.2) is 44.9 Å². The van der Waals surface area contributed by atoms with Crippen molar-refractivity contribution >= 4 is 5.91 Å². The van der Waals surface area contributed by atoms with E-state index < -0.39 is 5.82 Å². The minimum absolute atomic E-state index is 0.157. The lowest BCUT2D eigenvalue weighted by Gasteiger charge is -2.33. The van der Waals surface area contributed by atoms with Crippen LogP contribution in [0.4, 0.5) is 4.39 Å². The van der Waals surface area contributed by atoms with Gasteiger partial charge in [0.25, 0.3) is 5.91 Å². The minimum atomic E-state index is -0.409. The number of hydrogen-bond donors (Lipinski definition) is 0. The van der Waals surface area contributed by atoms with Crippen molar-refractivity contribution in [2.75, 3.05) is 19.7 Å². The average molecular weight is 416 g/mol. The van der Waals surface area contributed by atoms with Gasteiger partial charge in [0, 0.05) is 18.9 Å². The third-order valence-corrected chi connectivity index (χ3v) is 5.43. The molecule has 0 unspecified atom stereocenters. The number of para-hydroxylation sites is 1. The molecule has 2 aromatic carbocycles. The molecule has 0 radical (unpaired) electrons. The van der Waals surface area contributed by atoms with E-state index >= 15 is 0 Å². The van der Waals surface area contributed by atoms with Crippen LogP contribution in [0.25, 0.3) is 11.5 Å². The number of morpholine rings is 1. The number of carbonyl (C=O) groups is 1. The van der Waals surface area contributed by atoms with E-state index in [-0.39, 0.29) is 17.7 Å². The van der Waals surface area contributed by atoms with Gasteiger partial charge in [0.1, 0.15) is 23.2 Å². The molecule has 2 aromatic heterocycles. The van der Waals surface area contributed by atoms with Crippen LogP contribution in [-0.2, 0) is 4.74 Å². The van der Waals surface area contributed by atoms with Crippen LogP contribution < -0.4 is 0 Å². The molecule has 1 amide bonds. The number of ether oxygens (including phenoxy) is 1. The van der Waals surface area contributed by atoms with E-state index in [4.69, 9.17) is 4.74 Å². The molecule has 3 heterocycles. The van der Waals surface area contributed by atoms with Gasteiger partial charge in [-0.25, -0.2) is 9.07 Å². The molecular formula is C24H21FN4O2. The number of amides is 1. The number of halogens is 1. The molecule has 5 rings (SSSR count). The molecule has 31 heavy (non-hydrogen) atoms. The van der Waals surface area contributed by atoms with E-state index in [9.17, 15) is 9.18 Å². The fraction of sp³-hybridized carbons (Fsp3) is 0.167. The van der Waals surface area contributed by atoms with Crippen molar-refractivity contribution in [3.63, 3.8) is 0 Å². The Bertz CT molecular complexity index is 1190. The number of hydrogen-bond acceptors (Lipinski definition) is 3. The summed E-state index contributed by atoms with van der Waals surface area (Å²) < 4.78 is 23.7. The Morgan fingerprint density at radius 1 is 1.00 bits per heavy atom. The lowest BCUT2D eigenvalue weighted by Crippen LogP contribution is -2.42. The van der Waals surface area contributed by atoms with Crippen molar-refractivity contribution in [3.8, 4) is 11.5 Å². The first-order chi connectivity index (χ1) is 15.2. The highest BCUT2D eigenvalue weighted by Gasteiger charge is 2.30.